The van der Waals surface area contributed by atoms with Crippen LogP contribution in [0.3, 0.4) is 0 Å². The summed E-state index contributed by atoms with van der Waals surface area (Å²) in [5, 5.41) is 3.53. The van der Waals surface area contributed by atoms with Gasteiger partial charge in [-0.05, 0) is 62.1 Å². The predicted molar refractivity (Wildman–Crippen MR) is 164 cm³/mol. The zero-order chi connectivity index (χ0) is 29.4. The van der Waals surface area contributed by atoms with Crippen LogP contribution in [0.15, 0.2) is 83.8 Å². The van der Waals surface area contributed by atoms with Gasteiger partial charge in [0.05, 0.1) is 15.6 Å². The van der Waals surface area contributed by atoms with E-state index in [4.69, 9.17) is 23.2 Å². The zero-order valence-electron chi connectivity index (χ0n) is 23.0. The summed E-state index contributed by atoms with van der Waals surface area (Å²) < 4.78 is 28.7. The summed E-state index contributed by atoms with van der Waals surface area (Å²) in [6, 6.07) is 21.2. The van der Waals surface area contributed by atoms with Crippen LogP contribution in [0.5, 0.6) is 0 Å². The molecule has 0 saturated heterocycles. The molecule has 0 aliphatic heterocycles. The average molecular weight is 617 g/mol. The normalized spacial score (nSPS) is 14.7. The first-order valence-corrected chi connectivity index (χ1v) is 16.0. The number of halogens is 2. The van der Waals surface area contributed by atoms with Gasteiger partial charge in [-0.3, -0.25) is 13.9 Å². The zero-order valence-corrected chi connectivity index (χ0v) is 25.3. The van der Waals surface area contributed by atoms with Crippen LogP contribution in [0.4, 0.5) is 5.69 Å². The molecule has 1 fully saturated rings. The predicted octanol–water partition coefficient (Wildman–Crippen LogP) is 6.10. The highest BCUT2D eigenvalue weighted by atomic mass is 35.5. The third-order valence-electron chi connectivity index (χ3n) is 7.39. The van der Waals surface area contributed by atoms with Crippen molar-refractivity contribution in [2.75, 3.05) is 17.4 Å². The van der Waals surface area contributed by atoms with Gasteiger partial charge in [0.25, 0.3) is 10.0 Å². The fourth-order valence-corrected chi connectivity index (χ4v) is 7.07. The smallest absolute Gasteiger partial charge is 0.264 e. The lowest BCUT2D eigenvalue weighted by molar-refractivity contribution is -0.139. The van der Waals surface area contributed by atoms with E-state index < -0.39 is 28.5 Å². The molecule has 41 heavy (non-hydrogen) atoms. The molecule has 7 nitrogen and oxygen atoms in total. The summed E-state index contributed by atoms with van der Waals surface area (Å²) in [7, 11) is -4.20. The Morgan fingerprint density at radius 2 is 1.56 bits per heavy atom. The lowest BCUT2D eigenvalue weighted by Crippen LogP contribution is -2.53. The molecule has 3 aromatic rings. The third kappa shape index (κ3) is 8.03. The van der Waals surface area contributed by atoms with Crippen molar-refractivity contribution in [2.24, 2.45) is 0 Å². The van der Waals surface area contributed by atoms with E-state index in [1.165, 1.54) is 35.2 Å². The Hall–Kier alpha value is -3.07. The van der Waals surface area contributed by atoms with Gasteiger partial charge in [0.2, 0.25) is 11.8 Å². The van der Waals surface area contributed by atoms with Gasteiger partial charge >= 0.3 is 0 Å². The molecule has 1 saturated carbocycles. The van der Waals surface area contributed by atoms with Gasteiger partial charge < -0.3 is 10.2 Å². The second-order valence-corrected chi connectivity index (χ2v) is 13.0. The van der Waals surface area contributed by atoms with E-state index in [9.17, 15) is 18.0 Å². The molecular formula is C31H35Cl2N3O4S. The number of anilines is 1. The molecular weight excluding hydrogens is 581 g/mol. The molecule has 1 atom stereocenters. The molecule has 0 radical (unpaired) electrons. The molecule has 1 aliphatic rings. The highest BCUT2D eigenvalue weighted by Gasteiger charge is 2.33. The molecule has 3 aromatic carbocycles. The van der Waals surface area contributed by atoms with Crippen molar-refractivity contribution in [2.45, 2.75) is 62.4 Å². The third-order valence-corrected chi connectivity index (χ3v) is 9.70. The number of nitrogens with one attached hydrogen (secondary N) is 1. The van der Waals surface area contributed by atoms with Gasteiger partial charge in [0, 0.05) is 17.6 Å². The monoisotopic (exact) mass is 615 g/mol. The number of rotatable bonds is 11. The van der Waals surface area contributed by atoms with Crippen molar-refractivity contribution in [3.05, 3.63) is 94.5 Å². The SMILES string of the molecule is C[C@@H](C(=O)NC1CCCCC1)N(CCc1ccccc1)C(=O)CN(c1ccc(Cl)cc1Cl)S(=O)(=O)c1ccccc1. The standard InChI is InChI=1S/C31H35Cl2N3O4S/c1-23(31(38)34-26-13-7-3-8-14-26)35(20-19-24-11-5-2-6-12-24)30(37)22-36(29-18-17-25(32)21-28(29)33)41(39,40)27-15-9-4-10-16-27/h2,4-6,9-12,15-18,21,23,26H,3,7-8,13-14,19-20,22H2,1H3,(H,34,38)/t23-/m0/s1. The maximum Gasteiger partial charge on any atom is 0.264 e. The molecule has 0 heterocycles. The van der Waals surface area contributed by atoms with E-state index in [-0.39, 0.29) is 34.1 Å². The first-order valence-electron chi connectivity index (χ1n) is 13.8. The van der Waals surface area contributed by atoms with Crippen molar-refractivity contribution < 1.29 is 18.0 Å². The first-order chi connectivity index (χ1) is 19.7. The maximum absolute atomic E-state index is 14.0. The molecule has 10 heteroatoms. The number of carbonyl (C=O) groups excluding carboxylic acids is 2. The van der Waals surface area contributed by atoms with Crippen LogP contribution in [0, 0.1) is 0 Å². The second kappa shape index (κ2) is 14.2. The van der Waals surface area contributed by atoms with Crippen LogP contribution in [0.2, 0.25) is 10.0 Å². The number of benzene rings is 3. The molecule has 2 amide bonds. The van der Waals surface area contributed by atoms with Gasteiger partial charge in [0.15, 0.2) is 0 Å². The van der Waals surface area contributed by atoms with Gasteiger partial charge in [-0.25, -0.2) is 8.42 Å². The van der Waals surface area contributed by atoms with Crippen molar-refractivity contribution in [3.63, 3.8) is 0 Å². The fourth-order valence-electron chi connectivity index (χ4n) is 5.06. The molecule has 1 aliphatic carbocycles. The minimum absolute atomic E-state index is 0.0118. The molecule has 0 unspecified atom stereocenters. The Bertz CT molecular complexity index is 1430. The highest BCUT2D eigenvalue weighted by molar-refractivity contribution is 7.92. The topological polar surface area (TPSA) is 86.8 Å². The van der Waals surface area contributed by atoms with Gasteiger partial charge in [-0.2, -0.15) is 0 Å². The molecule has 1 N–H and O–H groups in total. The summed E-state index contributed by atoms with van der Waals surface area (Å²) in [6.07, 6.45) is 5.60. The molecule has 4 rings (SSSR count). The minimum atomic E-state index is -4.20. The summed E-state index contributed by atoms with van der Waals surface area (Å²) >= 11 is 12.6. The Kier molecular flexibility index (Phi) is 10.7. The van der Waals surface area contributed by atoms with E-state index in [1.807, 2.05) is 30.3 Å². The Labute approximate surface area is 252 Å². The van der Waals surface area contributed by atoms with Gasteiger partial charge in [-0.15, -0.1) is 0 Å². The van der Waals surface area contributed by atoms with Crippen LogP contribution in [0.25, 0.3) is 0 Å². The quantitative estimate of drug-likeness (QED) is 0.282. The van der Waals surface area contributed by atoms with E-state index in [1.54, 1.807) is 25.1 Å². The number of amides is 2. The van der Waals surface area contributed by atoms with Crippen LogP contribution >= 0.6 is 23.2 Å². The van der Waals surface area contributed by atoms with Crippen molar-refractivity contribution in [1.29, 1.82) is 0 Å². The number of hydrogen-bond acceptors (Lipinski definition) is 4. The Morgan fingerprint density at radius 3 is 2.20 bits per heavy atom. The van der Waals surface area contributed by atoms with E-state index in [2.05, 4.69) is 5.32 Å². The number of hydrogen-bond donors (Lipinski definition) is 1. The summed E-state index contributed by atoms with van der Waals surface area (Å²) in [4.78, 5) is 28.8. The molecule has 0 spiro atoms. The van der Waals surface area contributed by atoms with Gasteiger partial charge in [-0.1, -0.05) is 91.0 Å². The van der Waals surface area contributed by atoms with Crippen LogP contribution in [0.1, 0.15) is 44.6 Å². The Balaban J connectivity index is 1.65. The van der Waals surface area contributed by atoms with Crippen LogP contribution < -0.4 is 9.62 Å². The summed E-state index contributed by atoms with van der Waals surface area (Å²) in [6.45, 7) is 1.37. The first kappa shape index (κ1) is 30.9. The largest absolute Gasteiger partial charge is 0.352 e. The highest BCUT2D eigenvalue weighted by Crippen LogP contribution is 2.33. The van der Waals surface area contributed by atoms with E-state index in [0.29, 0.717) is 11.4 Å². The van der Waals surface area contributed by atoms with E-state index in [0.717, 1.165) is 42.0 Å². The number of nitrogens with zero attached hydrogens (tertiary/aromatic N) is 2. The number of carbonyl (C=O) groups is 2. The van der Waals surface area contributed by atoms with Crippen molar-refractivity contribution in [3.8, 4) is 0 Å². The Morgan fingerprint density at radius 1 is 0.927 bits per heavy atom. The summed E-state index contributed by atoms with van der Waals surface area (Å²) in [5.74, 6) is -0.766. The summed E-state index contributed by atoms with van der Waals surface area (Å²) in [5.41, 5.74) is 1.12. The lowest BCUT2D eigenvalue weighted by atomic mass is 9.95. The minimum Gasteiger partial charge on any atom is -0.352 e. The lowest BCUT2D eigenvalue weighted by Gasteiger charge is -2.33. The average Bonchev–Trinajstić information content (AvgIpc) is 2.97. The molecule has 0 bridgehead atoms. The van der Waals surface area contributed by atoms with Crippen LogP contribution in [-0.2, 0) is 26.0 Å². The molecule has 218 valence electrons. The van der Waals surface area contributed by atoms with Crippen molar-refractivity contribution in [1.82, 2.24) is 10.2 Å². The molecule has 0 aromatic heterocycles. The van der Waals surface area contributed by atoms with E-state index >= 15 is 0 Å². The second-order valence-electron chi connectivity index (χ2n) is 10.3. The van der Waals surface area contributed by atoms with Gasteiger partial charge in [0.1, 0.15) is 12.6 Å². The number of sulfonamides is 1. The van der Waals surface area contributed by atoms with Crippen molar-refractivity contribution >= 4 is 50.7 Å². The maximum atomic E-state index is 14.0. The fraction of sp³-hybridized carbons (Fsp3) is 0.355. The van der Waals surface area contributed by atoms with Crippen LogP contribution in [-0.4, -0.2) is 50.3 Å².